The summed E-state index contributed by atoms with van der Waals surface area (Å²) >= 11 is 6.33. The molecular weight excluding hydrogens is 206 g/mol. The Kier molecular flexibility index (Phi) is 2.78. The van der Waals surface area contributed by atoms with E-state index >= 15 is 0 Å². The first-order valence-electron chi connectivity index (χ1n) is 5.56. The van der Waals surface area contributed by atoms with Crippen molar-refractivity contribution in [2.75, 3.05) is 6.54 Å². The summed E-state index contributed by atoms with van der Waals surface area (Å²) in [6, 6.07) is 4.12. The van der Waals surface area contributed by atoms with Gasteiger partial charge in [0.1, 0.15) is 0 Å². The molecule has 1 fully saturated rings. The van der Waals surface area contributed by atoms with Crippen molar-refractivity contribution in [3.05, 3.63) is 33.8 Å². The highest BCUT2D eigenvalue weighted by Gasteiger charge is 2.33. The fourth-order valence-corrected chi connectivity index (χ4v) is 2.98. The molecule has 0 aromatic heterocycles. The molecule has 0 aliphatic carbocycles. The van der Waals surface area contributed by atoms with Crippen LogP contribution in [0.1, 0.15) is 36.5 Å². The van der Waals surface area contributed by atoms with Gasteiger partial charge in [0.05, 0.1) is 0 Å². The lowest BCUT2D eigenvalue weighted by Gasteiger charge is -2.29. The van der Waals surface area contributed by atoms with E-state index in [-0.39, 0.29) is 5.54 Å². The van der Waals surface area contributed by atoms with E-state index in [4.69, 9.17) is 11.6 Å². The molecule has 1 aromatic rings. The summed E-state index contributed by atoms with van der Waals surface area (Å²) in [6.07, 6.45) is 2.41. The molecule has 2 rings (SSSR count). The first kappa shape index (κ1) is 11.0. The maximum absolute atomic E-state index is 6.33. The van der Waals surface area contributed by atoms with Gasteiger partial charge in [-0.15, -0.1) is 0 Å². The summed E-state index contributed by atoms with van der Waals surface area (Å²) in [5.41, 5.74) is 4.03. The van der Waals surface area contributed by atoms with Crippen LogP contribution in [0.5, 0.6) is 0 Å². The van der Waals surface area contributed by atoms with Crippen molar-refractivity contribution < 1.29 is 0 Å². The molecule has 1 nitrogen and oxygen atoms in total. The van der Waals surface area contributed by atoms with Crippen molar-refractivity contribution in [1.82, 2.24) is 5.32 Å². The maximum Gasteiger partial charge on any atom is 0.0459 e. The van der Waals surface area contributed by atoms with Gasteiger partial charge in [0.15, 0.2) is 0 Å². The zero-order valence-corrected chi connectivity index (χ0v) is 10.4. The molecule has 1 aromatic carbocycles. The van der Waals surface area contributed by atoms with E-state index in [2.05, 4.69) is 32.2 Å². The minimum Gasteiger partial charge on any atom is -0.308 e. The smallest absolute Gasteiger partial charge is 0.0459 e. The standard InChI is InChI=1S/C13H18ClN/c1-9-5-6-11(14)12(10(9)2)13(3)7-4-8-15-13/h5-6,15H,4,7-8H2,1-3H3. The third kappa shape index (κ3) is 1.79. The third-order valence-corrected chi connectivity index (χ3v) is 3.92. The summed E-state index contributed by atoms with van der Waals surface area (Å²) in [5.74, 6) is 0. The molecule has 1 atom stereocenters. The maximum atomic E-state index is 6.33. The Hall–Kier alpha value is -0.530. The summed E-state index contributed by atoms with van der Waals surface area (Å²) < 4.78 is 0. The molecule has 0 amide bonds. The van der Waals surface area contributed by atoms with Crippen LogP contribution in [0.4, 0.5) is 0 Å². The average molecular weight is 224 g/mol. The van der Waals surface area contributed by atoms with Crippen molar-refractivity contribution in [3.8, 4) is 0 Å². The Morgan fingerprint density at radius 1 is 1.33 bits per heavy atom. The number of hydrogen-bond acceptors (Lipinski definition) is 1. The lowest BCUT2D eigenvalue weighted by molar-refractivity contribution is 0.432. The van der Waals surface area contributed by atoms with Crippen LogP contribution in [0.15, 0.2) is 12.1 Å². The molecule has 1 aliphatic heterocycles. The van der Waals surface area contributed by atoms with Crippen LogP contribution in [-0.2, 0) is 5.54 Å². The number of rotatable bonds is 1. The van der Waals surface area contributed by atoms with E-state index in [1.165, 1.54) is 29.5 Å². The lowest BCUT2D eigenvalue weighted by atomic mass is 9.85. The van der Waals surface area contributed by atoms with Gasteiger partial charge < -0.3 is 5.32 Å². The van der Waals surface area contributed by atoms with Gasteiger partial charge in [0.25, 0.3) is 0 Å². The lowest BCUT2D eigenvalue weighted by Crippen LogP contribution is -2.34. The molecule has 82 valence electrons. The molecular formula is C13H18ClN. The van der Waals surface area contributed by atoms with Gasteiger partial charge in [-0.25, -0.2) is 0 Å². The third-order valence-electron chi connectivity index (χ3n) is 3.61. The SMILES string of the molecule is Cc1ccc(Cl)c(C2(C)CCCN2)c1C. The van der Waals surface area contributed by atoms with E-state index in [9.17, 15) is 0 Å². The largest absolute Gasteiger partial charge is 0.308 e. The monoisotopic (exact) mass is 223 g/mol. The van der Waals surface area contributed by atoms with E-state index < -0.39 is 0 Å². The van der Waals surface area contributed by atoms with Gasteiger partial charge in [-0.3, -0.25) is 0 Å². The van der Waals surface area contributed by atoms with Gasteiger partial charge in [-0.1, -0.05) is 17.7 Å². The van der Waals surface area contributed by atoms with Gasteiger partial charge in [-0.2, -0.15) is 0 Å². The van der Waals surface area contributed by atoms with Crippen LogP contribution < -0.4 is 5.32 Å². The minimum absolute atomic E-state index is 0.0766. The molecule has 0 saturated carbocycles. The van der Waals surface area contributed by atoms with Crippen molar-refractivity contribution in [1.29, 1.82) is 0 Å². The van der Waals surface area contributed by atoms with Crippen LogP contribution in [0, 0.1) is 13.8 Å². The highest BCUT2D eigenvalue weighted by atomic mass is 35.5. The van der Waals surface area contributed by atoms with Crippen molar-refractivity contribution in [2.45, 2.75) is 39.2 Å². The molecule has 1 saturated heterocycles. The highest BCUT2D eigenvalue weighted by molar-refractivity contribution is 6.31. The topological polar surface area (TPSA) is 12.0 Å². The van der Waals surface area contributed by atoms with Crippen LogP contribution >= 0.6 is 11.6 Å². The zero-order chi connectivity index (χ0) is 11.1. The van der Waals surface area contributed by atoms with E-state index in [1.807, 2.05) is 6.07 Å². The predicted molar refractivity (Wildman–Crippen MR) is 65.5 cm³/mol. The van der Waals surface area contributed by atoms with Crippen molar-refractivity contribution >= 4 is 11.6 Å². The first-order valence-corrected chi connectivity index (χ1v) is 5.93. The molecule has 0 bridgehead atoms. The molecule has 1 heterocycles. The molecule has 0 radical (unpaired) electrons. The van der Waals surface area contributed by atoms with Crippen LogP contribution in [-0.4, -0.2) is 6.54 Å². The second-order valence-corrected chi connectivity index (χ2v) is 5.13. The van der Waals surface area contributed by atoms with Crippen LogP contribution in [0.25, 0.3) is 0 Å². The molecule has 2 heteroatoms. The Morgan fingerprint density at radius 2 is 2.07 bits per heavy atom. The van der Waals surface area contributed by atoms with E-state index in [0.29, 0.717) is 0 Å². The fraction of sp³-hybridized carbons (Fsp3) is 0.538. The van der Waals surface area contributed by atoms with Crippen molar-refractivity contribution in [3.63, 3.8) is 0 Å². The molecule has 0 spiro atoms. The summed E-state index contributed by atoms with van der Waals surface area (Å²) in [7, 11) is 0. The highest BCUT2D eigenvalue weighted by Crippen LogP contribution is 2.37. The van der Waals surface area contributed by atoms with Gasteiger partial charge in [0.2, 0.25) is 0 Å². The van der Waals surface area contributed by atoms with Crippen LogP contribution in [0.2, 0.25) is 5.02 Å². The Morgan fingerprint density at radius 3 is 2.67 bits per heavy atom. The second kappa shape index (κ2) is 3.80. The summed E-state index contributed by atoms with van der Waals surface area (Å²) in [4.78, 5) is 0. The number of aryl methyl sites for hydroxylation is 1. The summed E-state index contributed by atoms with van der Waals surface area (Å²) in [6.45, 7) is 7.67. The fourth-order valence-electron chi connectivity index (χ4n) is 2.57. The number of nitrogens with one attached hydrogen (secondary N) is 1. The minimum atomic E-state index is 0.0766. The van der Waals surface area contributed by atoms with E-state index in [0.717, 1.165) is 11.6 Å². The Bertz CT molecular complexity index is 378. The molecule has 1 unspecified atom stereocenters. The zero-order valence-electron chi connectivity index (χ0n) is 9.65. The number of halogens is 1. The van der Waals surface area contributed by atoms with E-state index in [1.54, 1.807) is 0 Å². The molecule has 1 N–H and O–H groups in total. The normalized spacial score (nSPS) is 25.9. The number of benzene rings is 1. The van der Waals surface area contributed by atoms with Gasteiger partial charge in [-0.05, 0) is 62.9 Å². The Balaban J connectivity index is 2.55. The predicted octanol–water partition coefficient (Wildman–Crippen LogP) is 3.56. The first-order chi connectivity index (χ1) is 7.04. The summed E-state index contributed by atoms with van der Waals surface area (Å²) in [5, 5.41) is 4.47. The quantitative estimate of drug-likeness (QED) is 0.768. The molecule has 1 aliphatic rings. The molecule has 15 heavy (non-hydrogen) atoms. The van der Waals surface area contributed by atoms with Gasteiger partial charge >= 0.3 is 0 Å². The second-order valence-electron chi connectivity index (χ2n) is 4.73. The van der Waals surface area contributed by atoms with Crippen LogP contribution in [0.3, 0.4) is 0 Å². The Labute approximate surface area is 96.8 Å². The van der Waals surface area contributed by atoms with Gasteiger partial charge in [0, 0.05) is 10.6 Å². The average Bonchev–Trinajstić information content (AvgIpc) is 2.60. The number of hydrogen-bond donors (Lipinski definition) is 1. The van der Waals surface area contributed by atoms with Crippen molar-refractivity contribution in [2.24, 2.45) is 0 Å².